The van der Waals surface area contributed by atoms with Crippen molar-refractivity contribution < 1.29 is 8.42 Å². The van der Waals surface area contributed by atoms with Crippen molar-refractivity contribution in [3.63, 3.8) is 0 Å². The van der Waals surface area contributed by atoms with E-state index in [9.17, 15) is 8.42 Å². The molecule has 7 heteroatoms. The van der Waals surface area contributed by atoms with Crippen molar-refractivity contribution in [2.45, 2.75) is 31.6 Å². The number of thiophene rings is 1. The average molecular weight is 419 g/mol. The Labute approximate surface area is 130 Å². The van der Waals surface area contributed by atoms with Crippen LogP contribution in [0, 0.1) is 0 Å². The summed E-state index contributed by atoms with van der Waals surface area (Å²) < 4.78 is 25.4. The minimum Gasteiger partial charge on any atom is -0.308 e. The average Bonchev–Trinajstić information content (AvgIpc) is 2.58. The maximum atomic E-state index is 11.7. The smallest absolute Gasteiger partial charge is 0.151 e. The van der Waals surface area contributed by atoms with Crippen LogP contribution in [0.15, 0.2) is 14.3 Å². The molecule has 0 aliphatic rings. The Morgan fingerprint density at radius 1 is 1.44 bits per heavy atom. The Morgan fingerprint density at radius 3 is 2.44 bits per heavy atom. The molecule has 0 saturated heterocycles. The molecule has 0 radical (unpaired) electrons. The molecule has 0 spiro atoms. The highest BCUT2D eigenvalue weighted by Crippen LogP contribution is 2.37. The van der Waals surface area contributed by atoms with E-state index in [0.29, 0.717) is 0 Å². The lowest BCUT2D eigenvalue weighted by atomic mass is 10.2. The van der Waals surface area contributed by atoms with Gasteiger partial charge < -0.3 is 5.32 Å². The molecule has 0 aliphatic carbocycles. The van der Waals surface area contributed by atoms with Crippen LogP contribution in [0.1, 0.15) is 31.2 Å². The van der Waals surface area contributed by atoms with Crippen molar-refractivity contribution in [3.05, 3.63) is 19.2 Å². The van der Waals surface area contributed by atoms with Gasteiger partial charge in [0.15, 0.2) is 9.84 Å². The van der Waals surface area contributed by atoms with Crippen molar-refractivity contribution in [2.24, 2.45) is 0 Å². The first kappa shape index (κ1) is 16.6. The molecule has 0 aliphatic heterocycles. The second-order valence-corrected chi connectivity index (χ2v) is 9.90. The van der Waals surface area contributed by atoms with Gasteiger partial charge >= 0.3 is 0 Å². The molecule has 0 aromatic carbocycles. The summed E-state index contributed by atoms with van der Waals surface area (Å²) in [5, 5.41) is 2.88. The van der Waals surface area contributed by atoms with Crippen LogP contribution in [0.5, 0.6) is 0 Å². The SMILES string of the molecule is CCCNC(c1cc(Br)c(Br)s1)C(C)S(C)(=O)=O. The van der Waals surface area contributed by atoms with Crippen molar-refractivity contribution in [3.8, 4) is 0 Å². The van der Waals surface area contributed by atoms with Crippen LogP contribution in [-0.4, -0.2) is 26.5 Å². The van der Waals surface area contributed by atoms with Gasteiger partial charge in [0.1, 0.15) is 0 Å². The number of sulfone groups is 1. The van der Waals surface area contributed by atoms with Crippen LogP contribution in [0.2, 0.25) is 0 Å². The quantitative estimate of drug-likeness (QED) is 0.765. The molecule has 0 saturated carbocycles. The van der Waals surface area contributed by atoms with E-state index in [1.807, 2.05) is 6.07 Å². The first-order chi connectivity index (χ1) is 8.27. The molecule has 0 fully saturated rings. The van der Waals surface area contributed by atoms with Crippen LogP contribution < -0.4 is 5.32 Å². The molecular weight excluding hydrogens is 402 g/mol. The zero-order valence-corrected chi connectivity index (χ0v) is 15.3. The highest BCUT2D eigenvalue weighted by Gasteiger charge is 2.28. The Bertz CT molecular complexity index is 480. The molecule has 1 N–H and O–H groups in total. The minimum atomic E-state index is -3.07. The largest absolute Gasteiger partial charge is 0.308 e. The molecule has 2 atom stereocenters. The number of hydrogen-bond donors (Lipinski definition) is 1. The van der Waals surface area contributed by atoms with Gasteiger partial charge in [-0.2, -0.15) is 0 Å². The van der Waals surface area contributed by atoms with Crippen molar-refractivity contribution in [2.75, 3.05) is 12.8 Å². The standard InChI is InChI=1S/C11H17Br2NO2S2/c1-4-5-14-10(7(2)18(3,15)16)9-6-8(12)11(13)17-9/h6-7,10,14H,4-5H2,1-3H3. The minimum absolute atomic E-state index is 0.160. The van der Waals surface area contributed by atoms with Crippen LogP contribution >= 0.6 is 43.2 Å². The van der Waals surface area contributed by atoms with Crippen LogP contribution in [0.4, 0.5) is 0 Å². The molecule has 1 rings (SSSR count). The predicted octanol–water partition coefficient (Wildman–Crippen LogP) is 3.75. The van der Waals surface area contributed by atoms with E-state index in [1.165, 1.54) is 6.26 Å². The fraction of sp³-hybridized carbons (Fsp3) is 0.636. The molecular formula is C11H17Br2NO2S2. The number of nitrogens with one attached hydrogen (secondary N) is 1. The van der Waals surface area contributed by atoms with Gasteiger partial charge in [0.2, 0.25) is 0 Å². The monoisotopic (exact) mass is 417 g/mol. The first-order valence-electron chi connectivity index (χ1n) is 5.64. The van der Waals surface area contributed by atoms with E-state index < -0.39 is 15.1 Å². The Kier molecular flexibility index (Phi) is 6.31. The maximum absolute atomic E-state index is 11.7. The fourth-order valence-corrected chi connectivity index (χ4v) is 4.66. The lowest BCUT2D eigenvalue weighted by Crippen LogP contribution is -2.34. The van der Waals surface area contributed by atoms with Gasteiger partial charge in [0, 0.05) is 15.6 Å². The highest BCUT2D eigenvalue weighted by molar-refractivity contribution is 9.13. The van der Waals surface area contributed by atoms with Crippen LogP contribution in [-0.2, 0) is 9.84 Å². The van der Waals surface area contributed by atoms with Gasteiger partial charge in [-0.25, -0.2) is 8.42 Å². The Balaban J connectivity index is 3.05. The maximum Gasteiger partial charge on any atom is 0.151 e. The lowest BCUT2D eigenvalue weighted by Gasteiger charge is -2.22. The van der Waals surface area contributed by atoms with Gasteiger partial charge in [-0.1, -0.05) is 6.92 Å². The highest BCUT2D eigenvalue weighted by atomic mass is 79.9. The van der Waals surface area contributed by atoms with Gasteiger partial charge in [-0.05, 0) is 57.8 Å². The lowest BCUT2D eigenvalue weighted by molar-refractivity contribution is 0.506. The topological polar surface area (TPSA) is 46.2 Å². The Hall–Kier alpha value is 0.570. The second-order valence-electron chi connectivity index (χ2n) is 4.24. The summed E-state index contributed by atoms with van der Waals surface area (Å²) in [7, 11) is -3.07. The van der Waals surface area contributed by atoms with Crippen LogP contribution in [0.3, 0.4) is 0 Å². The zero-order chi connectivity index (χ0) is 13.9. The summed E-state index contributed by atoms with van der Waals surface area (Å²) in [5.74, 6) is 0. The number of halogens is 2. The van der Waals surface area contributed by atoms with Gasteiger partial charge in [-0.3, -0.25) is 0 Å². The molecule has 104 valence electrons. The van der Waals surface area contributed by atoms with Gasteiger partial charge in [0.25, 0.3) is 0 Å². The predicted molar refractivity (Wildman–Crippen MR) is 85.1 cm³/mol. The van der Waals surface area contributed by atoms with E-state index >= 15 is 0 Å². The fourth-order valence-electron chi connectivity index (χ4n) is 1.56. The molecule has 0 bridgehead atoms. The van der Waals surface area contributed by atoms with Crippen molar-refractivity contribution >= 4 is 53.0 Å². The molecule has 3 nitrogen and oxygen atoms in total. The van der Waals surface area contributed by atoms with E-state index in [1.54, 1.807) is 18.3 Å². The van der Waals surface area contributed by atoms with Crippen LogP contribution in [0.25, 0.3) is 0 Å². The zero-order valence-electron chi connectivity index (χ0n) is 10.5. The number of hydrogen-bond acceptors (Lipinski definition) is 4. The van der Waals surface area contributed by atoms with E-state index in [2.05, 4.69) is 44.1 Å². The molecule has 2 unspecified atom stereocenters. The molecule has 18 heavy (non-hydrogen) atoms. The summed E-state index contributed by atoms with van der Waals surface area (Å²) in [6, 6.07) is 1.82. The van der Waals surface area contributed by atoms with Gasteiger partial charge in [-0.15, -0.1) is 11.3 Å². The van der Waals surface area contributed by atoms with E-state index in [0.717, 1.165) is 26.1 Å². The molecule has 1 aromatic rings. The summed E-state index contributed by atoms with van der Waals surface area (Å²) >= 11 is 8.45. The summed E-state index contributed by atoms with van der Waals surface area (Å²) in [6.07, 6.45) is 2.26. The third-order valence-electron chi connectivity index (χ3n) is 2.73. The molecule has 1 aromatic heterocycles. The Morgan fingerprint density at radius 2 is 2.06 bits per heavy atom. The normalized spacial score (nSPS) is 15.6. The first-order valence-corrected chi connectivity index (χ1v) is 10.00. The third kappa shape index (κ3) is 4.30. The second kappa shape index (κ2) is 6.83. The van der Waals surface area contributed by atoms with Crippen molar-refractivity contribution in [1.29, 1.82) is 0 Å². The summed E-state index contributed by atoms with van der Waals surface area (Å²) in [4.78, 5) is 1.03. The summed E-state index contributed by atoms with van der Waals surface area (Å²) in [5.41, 5.74) is 0. The van der Waals surface area contributed by atoms with Gasteiger partial charge in [0.05, 0.1) is 15.1 Å². The van der Waals surface area contributed by atoms with E-state index in [-0.39, 0.29) is 6.04 Å². The van der Waals surface area contributed by atoms with Crippen molar-refractivity contribution in [1.82, 2.24) is 5.32 Å². The third-order valence-corrected chi connectivity index (χ3v) is 7.69. The summed E-state index contributed by atoms with van der Waals surface area (Å²) in [6.45, 7) is 4.62. The van der Waals surface area contributed by atoms with E-state index in [4.69, 9.17) is 0 Å². The number of rotatable bonds is 6. The molecule has 1 heterocycles. The molecule has 0 amide bonds.